The van der Waals surface area contributed by atoms with E-state index in [1.807, 2.05) is 81.4 Å². The van der Waals surface area contributed by atoms with Gasteiger partial charge in [-0.2, -0.15) is 0 Å². The van der Waals surface area contributed by atoms with Crippen LogP contribution in [0.4, 0.5) is 9.59 Å². The molecule has 3 atom stereocenters. The smallest absolute Gasteiger partial charge is 0.376 e. The summed E-state index contributed by atoms with van der Waals surface area (Å²) in [7, 11) is 3.89. The molecule has 0 bridgehead atoms. The van der Waals surface area contributed by atoms with Crippen molar-refractivity contribution in [2.75, 3.05) is 27.2 Å². The summed E-state index contributed by atoms with van der Waals surface area (Å²) in [6, 6.07) is 15.9. The third kappa shape index (κ3) is 6.74. The minimum absolute atomic E-state index is 0.0401. The highest BCUT2D eigenvalue weighted by Gasteiger charge is 2.51. The largest absolute Gasteiger partial charge is 0.412 e. The molecule has 3 heterocycles. The summed E-state index contributed by atoms with van der Waals surface area (Å²) < 4.78 is 9.74. The van der Waals surface area contributed by atoms with Crippen LogP contribution in [-0.4, -0.2) is 80.6 Å². The molecule has 1 saturated heterocycles. The summed E-state index contributed by atoms with van der Waals surface area (Å²) in [6.45, 7) is 5.07. The van der Waals surface area contributed by atoms with Gasteiger partial charge in [-0.25, -0.2) is 24.4 Å². The highest BCUT2D eigenvalue weighted by atomic mass is 16.6. The normalized spacial score (nSPS) is 17.1. The number of aromatic nitrogens is 4. The molecule has 0 radical (unpaired) electrons. The average Bonchev–Trinajstić information content (AvgIpc) is 3.77. The van der Waals surface area contributed by atoms with Crippen molar-refractivity contribution in [3.05, 3.63) is 66.7 Å². The van der Waals surface area contributed by atoms with Crippen molar-refractivity contribution >= 4 is 18.2 Å². The number of imidazole rings is 2. The van der Waals surface area contributed by atoms with E-state index >= 15 is 0 Å². The number of hydrogen-bond acceptors (Lipinski definition) is 9. The second-order valence-electron chi connectivity index (χ2n) is 11.7. The second kappa shape index (κ2) is 12.9. The first kappa shape index (κ1) is 31.4. The minimum Gasteiger partial charge on any atom is -0.376 e. The van der Waals surface area contributed by atoms with E-state index in [0.29, 0.717) is 18.8 Å². The molecule has 2 unspecified atom stereocenters. The van der Waals surface area contributed by atoms with Crippen LogP contribution >= 0.6 is 0 Å². The number of nitrogens with zero attached hydrogens (tertiary/aromatic N) is 4. The molecule has 1 aliphatic heterocycles. The number of ether oxygens (including phenoxy) is 2. The molecule has 45 heavy (non-hydrogen) atoms. The zero-order chi connectivity index (χ0) is 32.3. The maximum atomic E-state index is 13.3. The van der Waals surface area contributed by atoms with E-state index in [1.54, 1.807) is 12.4 Å². The van der Waals surface area contributed by atoms with Crippen molar-refractivity contribution in [2.45, 2.75) is 38.3 Å². The summed E-state index contributed by atoms with van der Waals surface area (Å²) in [5, 5.41) is 0. The Hall–Kier alpha value is -5.01. The first-order valence-electron chi connectivity index (χ1n) is 14.7. The lowest BCUT2D eigenvalue weighted by atomic mass is 9.84. The van der Waals surface area contributed by atoms with Crippen LogP contribution in [0.3, 0.4) is 0 Å². The van der Waals surface area contributed by atoms with E-state index in [2.05, 4.69) is 19.9 Å². The lowest BCUT2D eigenvalue weighted by molar-refractivity contribution is -0.155. The van der Waals surface area contributed by atoms with Crippen LogP contribution in [0.25, 0.3) is 33.6 Å². The Bertz CT molecular complexity index is 1660. The fraction of sp³-hybridized carbons (Fsp3) is 0.344. The standard InChI is InChI=1S/C32H38N8O5/c1-19(18-39(3)4)32(2,28(41)44-29(33)42)40-15-5-6-26(40)27-35-16-24(37-27)22-11-7-20(8-12-22)21-9-13-23(14-10-21)25-17-36-31(38-25)45-30(34)43/h7-14,16-17,19,26H,5-6,15,18H2,1-4H3,(H2,33,42)(H2,34,43)(H,35,37)(H,36,38)/t19?,26?,32-/m0/s1. The lowest BCUT2D eigenvalue weighted by Gasteiger charge is -2.44. The molecule has 13 heteroatoms. The number of carbonyl (C=O) groups is 3. The number of esters is 1. The minimum atomic E-state index is -1.11. The van der Waals surface area contributed by atoms with Crippen LogP contribution in [0.2, 0.25) is 0 Å². The van der Waals surface area contributed by atoms with Gasteiger partial charge in [0.25, 0.3) is 0 Å². The molecule has 6 N–H and O–H groups in total. The van der Waals surface area contributed by atoms with Crippen molar-refractivity contribution in [3.63, 3.8) is 0 Å². The topological polar surface area (TPSA) is 186 Å². The molecule has 236 valence electrons. The number of amides is 2. The summed E-state index contributed by atoms with van der Waals surface area (Å²) >= 11 is 0. The van der Waals surface area contributed by atoms with Gasteiger partial charge in [0.15, 0.2) is 0 Å². The molecule has 1 aliphatic rings. The van der Waals surface area contributed by atoms with Gasteiger partial charge in [-0.1, -0.05) is 55.5 Å². The van der Waals surface area contributed by atoms with Crippen LogP contribution < -0.4 is 16.2 Å². The fourth-order valence-corrected chi connectivity index (χ4v) is 6.06. The van der Waals surface area contributed by atoms with E-state index in [9.17, 15) is 14.4 Å². The van der Waals surface area contributed by atoms with Gasteiger partial charge in [0.05, 0.1) is 29.8 Å². The van der Waals surface area contributed by atoms with E-state index in [-0.39, 0.29) is 18.0 Å². The Labute approximate surface area is 260 Å². The molecule has 0 saturated carbocycles. The van der Waals surface area contributed by atoms with E-state index in [1.165, 1.54) is 0 Å². The van der Waals surface area contributed by atoms with Crippen molar-refractivity contribution in [1.29, 1.82) is 0 Å². The van der Waals surface area contributed by atoms with Crippen LogP contribution in [0.5, 0.6) is 6.01 Å². The molecule has 5 rings (SSSR count). The van der Waals surface area contributed by atoms with Crippen molar-refractivity contribution in [3.8, 4) is 39.7 Å². The third-order valence-corrected chi connectivity index (χ3v) is 8.44. The number of primary amides is 2. The van der Waals surface area contributed by atoms with Crippen LogP contribution in [0.15, 0.2) is 60.9 Å². The summed E-state index contributed by atoms with van der Waals surface area (Å²) in [4.78, 5) is 55.0. The maximum absolute atomic E-state index is 13.3. The summed E-state index contributed by atoms with van der Waals surface area (Å²) in [5.74, 6) is -0.0672. The Kier molecular flexibility index (Phi) is 9.02. The Balaban J connectivity index is 1.33. The Morgan fingerprint density at radius 2 is 1.49 bits per heavy atom. The van der Waals surface area contributed by atoms with Crippen LogP contribution in [0.1, 0.15) is 38.6 Å². The van der Waals surface area contributed by atoms with Gasteiger partial charge in [-0.15, -0.1) is 0 Å². The number of nitrogens with one attached hydrogen (secondary N) is 2. The highest BCUT2D eigenvalue weighted by molar-refractivity contribution is 5.90. The van der Waals surface area contributed by atoms with E-state index in [0.717, 1.165) is 46.6 Å². The molecular formula is C32H38N8O5. The molecule has 0 spiro atoms. The monoisotopic (exact) mass is 614 g/mol. The zero-order valence-corrected chi connectivity index (χ0v) is 25.7. The zero-order valence-electron chi connectivity index (χ0n) is 25.7. The number of carbonyl (C=O) groups excluding carboxylic acids is 3. The van der Waals surface area contributed by atoms with Gasteiger partial charge in [0, 0.05) is 13.1 Å². The summed E-state index contributed by atoms with van der Waals surface area (Å²) in [6.07, 6.45) is 3.00. The van der Waals surface area contributed by atoms with Gasteiger partial charge in [-0.3, -0.25) is 4.90 Å². The van der Waals surface area contributed by atoms with Gasteiger partial charge in [-0.05, 0) is 62.0 Å². The predicted octanol–water partition coefficient (Wildman–Crippen LogP) is 4.31. The van der Waals surface area contributed by atoms with E-state index < -0.39 is 23.7 Å². The van der Waals surface area contributed by atoms with Crippen molar-refractivity contribution < 1.29 is 23.9 Å². The maximum Gasteiger partial charge on any atom is 0.412 e. The first-order chi connectivity index (χ1) is 21.4. The van der Waals surface area contributed by atoms with E-state index in [4.69, 9.17) is 25.9 Å². The number of H-pyrrole nitrogens is 2. The van der Waals surface area contributed by atoms with Gasteiger partial charge < -0.3 is 35.8 Å². The number of likely N-dealkylation sites (tertiary alicyclic amines) is 1. The Morgan fingerprint density at radius 1 is 0.933 bits per heavy atom. The fourth-order valence-electron chi connectivity index (χ4n) is 6.06. The van der Waals surface area contributed by atoms with Crippen molar-refractivity contribution in [1.82, 2.24) is 29.7 Å². The molecule has 0 aliphatic carbocycles. The predicted molar refractivity (Wildman–Crippen MR) is 168 cm³/mol. The molecule has 1 fully saturated rings. The lowest BCUT2D eigenvalue weighted by Crippen LogP contribution is -2.59. The first-order valence-corrected chi connectivity index (χ1v) is 14.7. The van der Waals surface area contributed by atoms with Crippen LogP contribution in [0, 0.1) is 5.92 Å². The number of nitrogens with two attached hydrogens (primary N) is 2. The quantitative estimate of drug-likeness (QED) is 0.149. The molecule has 4 aromatic rings. The second-order valence-corrected chi connectivity index (χ2v) is 11.7. The van der Waals surface area contributed by atoms with Crippen molar-refractivity contribution in [2.24, 2.45) is 17.4 Å². The molecule has 2 aromatic carbocycles. The highest BCUT2D eigenvalue weighted by Crippen LogP contribution is 2.41. The molecule has 13 nitrogen and oxygen atoms in total. The number of rotatable bonds is 10. The number of aromatic amines is 2. The van der Waals surface area contributed by atoms with Gasteiger partial charge in [0.1, 0.15) is 11.4 Å². The van der Waals surface area contributed by atoms with Gasteiger partial charge >= 0.3 is 24.2 Å². The average molecular weight is 615 g/mol. The third-order valence-electron chi connectivity index (χ3n) is 8.44. The molecule has 2 amide bonds. The molecular weight excluding hydrogens is 576 g/mol. The van der Waals surface area contributed by atoms with Gasteiger partial charge in [0.2, 0.25) is 0 Å². The number of benzene rings is 2. The Morgan fingerprint density at radius 3 is 2.04 bits per heavy atom. The summed E-state index contributed by atoms with van der Waals surface area (Å²) in [5.41, 5.74) is 14.7. The number of hydrogen-bond donors (Lipinski definition) is 4. The van der Waals surface area contributed by atoms with Crippen LogP contribution in [-0.2, 0) is 9.53 Å². The SMILES string of the molecule is CC(CN(C)C)[C@@](C)(C(=O)OC(N)=O)N1CCCC1c1ncc(-c2ccc(-c3ccc(-c4cnc(OC(N)=O)[nH]4)cc3)cc2)[nH]1. The molecule has 2 aromatic heterocycles.